The highest BCUT2D eigenvalue weighted by molar-refractivity contribution is 5.80. The number of aromatic nitrogens is 2. The maximum Gasteiger partial charge on any atom is 0.252 e. The standard InChI is InChI=1S/C11H16N4O2/c1-7-14-9(6-10(16)15-7)12-4-5-13-11(17)8-2-3-8/h6,8H,2-5H2,1H3,(H,13,17)(H2,12,14,15,16). The molecule has 1 amide bonds. The second-order valence-corrected chi connectivity index (χ2v) is 4.21. The third-order valence-electron chi connectivity index (χ3n) is 2.54. The van der Waals surface area contributed by atoms with E-state index in [9.17, 15) is 9.59 Å². The van der Waals surface area contributed by atoms with Crippen LogP contribution >= 0.6 is 0 Å². The number of nitrogens with zero attached hydrogens (tertiary/aromatic N) is 1. The molecule has 1 aliphatic carbocycles. The van der Waals surface area contributed by atoms with Crippen molar-refractivity contribution in [3.05, 3.63) is 22.2 Å². The lowest BCUT2D eigenvalue weighted by molar-refractivity contribution is -0.122. The predicted octanol–water partition coefficient (Wildman–Crippen LogP) is 0.0164. The van der Waals surface area contributed by atoms with Crippen molar-refractivity contribution < 1.29 is 4.79 Å². The second-order valence-electron chi connectivity index (χ2n) is 4.21. The van der Waals surface area contributed by atoms with Gasteiger partial charge in [-0.15, -0.1) is 0 Å². The van der Waals surface area contributed by atoms with Crippen LogP contribution in [0.5, 0.6) is 0 Å². The maximum absolute atomic E-state index is 11.3. The van der Waals surface area contributed by atoms with Gasteiger partial charge >= 0.3 is 0 Å². The minimum absolute atomic E-state index is 0.127. The van der Waals surface area contributed by atoms with E-state index in [1.54, 1.807) is 6.92 Å². The average molecular weight is 236 g/mol. The molecule has 0 spiro atoms. The molecule has 0 aromatic carbocycles. The second kappa shape index (κ2) is 4.99. The molecule has 0 saturated heterocycles. The first kappa shape index (κ1) is 11.6. The number of H-pyrrole nitrogens is 1. The number of carbonyl (C=O) groups excluding carboxylic acids is 1. The van der Waals surface area contributed by atoms with Gasteiger partial charge in [-0.1, -0.05) is 0 Å². The van der Waals surface area contributed by atoms with Crippen LogP contribution in [0.3, 0.4) is 0 Å². The average Bonchev–Trinajstić information content (AvgIpc) is 3.06. The molecule has 0 aliphatic heterocycles. The summed E-state index contributed by atoms with van der Waals surface area (Å²) in [6.45, 7) is 2.83. The molecule has 92 valence electrons. The summed E-state index contributed by atoms with van der Waals surface area (Å²) in [6, 6.07) is 1.40. The van der Waals surface area contributed by atoms with Crippen LogP contribution < -0.4 is 16.2 Å². The zero-order valence-electron chi connectivity index (χ0n) is 9.75. The van der Waals surface area contributed by atoms with Crippen molar-refractivity contribution in [2.45, 2.75) is 19.8 Å². The lowest BCUT2D eigenvalue weighted by Crippen LogP contribution is -2.30. The molecule has 1 aromatic rings. The Morgan fingerprint density at radius 3 is 2.94 bits per heavy atom. The van der Waals surface area contributed by atoms with Crippen LogP contribution in [0.1, 0.15) is 18.7 Å². The number of aryl methyl sites for hydroxylation is 1. The van der Waals surface area contributed by atoms with Gasteiger partial charge < -0.3 is 15.6 Å². The molecular weight excluding hydrogens is 220 g/mol. The Labute approximate surface area is 98.8 Å². The number of amides is 1. The number of carbonyl (C=O) groups is 1. The minimum Gasteiger partial charge on any atom is -0.368 e. The zero-order chi connectivity index (χ0) is 12.3. The summed E-state index contributed by atoms with van der Waals surface area (Å²) in [5.41, 5.74) is -0.179. The number of rotatable bonds is 5. The van der Waals surface area contributed by atoms with Gasteiger partial charge in [-0.05, 0) is 19.8 Å². The minimum atomic E-state index is -0.179. The summed E-state index contributed by atoms with van der Waals surface area (Å²) in [5.74, 6) is 1.46. The fourth-order valence-electron chi connectivity index (χ4n) is 1.54. The first-order chi connectivity index (χ1) is 8.15. The fourth-order valence-corrected chi connectivity index (χ4v) is 1.54. The molecule has 1 fully saturated rings. The van der Waals surface area contributed by atoms with E-state index in [1.807, 2.05) is 0 Å². The molecular formula is C11H16N4O2. The SMILES string of the molecule is Cc1nc(NCCNC(=O)C2CC2)cc(=O)[nH]1. The van der Waals surface area contributed by atoms with Gasteiger partial charge in [-0.3, -0.25) is 9.59 Å². The smallest absolute Gasteiger partial charge is 0.252 e. The number of aromatic amines is 1. The van der Waals surface area contributed by atoms with Crippen molar-refractivity contribution in [3.63, 3.8) is 0 Å². The van der Waals surface area contributed by atoms with Gasteiger partial charge in [0.15, 0.2) is 0 Å². The van der Waals surface area contributed by atoms with E-state index in [1.165, 1.54) is 6.07 Å². The van der Waals surface area contributed by atoms with Crippen molar-refractivity contribution in [2.75, 3.05) is 18.4 Å². The van der Waals surface area contributed by atoms with E-state index in [-0.39, 0.29) is 17.4 Å². The van der Waals surface area contributed by atoms with E-state index in [0.717, 1.165) is 12.8 Å². The third kappa shape index (κ3) is 3.58. The van der Waals surface area contributed by atoms with E-state index in [4.69, 9.17) is 0 Å². The van der Waals surface area contributed by atoms with Gasteiger partial charge in [0.1, 0.15) is 11.6 Å². The van der Waals surface area contributed by atoms with Crippen LogP contribution in [0.15, 0.2) is 10.9 Å². The summed E-state index contributed by atoms with van der Waals surface area (Å²) < 4.78 is 0. The van der Waals surface area contributed by atoms with Crippen molar-refractivity contribution in [1.82, 2.24) is 15.3 Å². The molecule has 1 aliphatic rings. The molecule has 0 bridgehead atoms. The number of anilines is 1. The van der Waals surface area contributed by atoms with Crippen LogP contribution in [0, 0.1) is 12.8 Å². The first-order valence-electron chi connectivity index (χ1n) is 5.75. The fraction of sp³-hybridized carbons (Fsp3) is 0.545. The van der Waals surface area contributed by atoms with E-state index in [2.05, 4.69) is 20.6 Å². The Balaban J connectivity index is 1.73. The summed E-state index contributed by atoms with van der Waals surface area (Å²) in [5, 5.41) is 5.82. The number of hydrogen-bond acceptors (Lipinski definition) is 4. The van der Waals surface area contributed by atoms with Gasteiger partial charge in [0.25, 0.3) is 5.56 Å². The van der Waals surface area contributed by atoms with Gasteiger partial charge in [-0.2, -0.15) is 0 Å². The lowest BCUT2D eigenvalue weighted by Gasteiger charge is -2.07. The van der Waals surface area contributed by atoms with Crippen LogP contribution in [0.25, 0.3) is 0 Å². The Morgan fingerprint density at radius 1 is 1.53 bits per heavy atom. The quantitative estimate of drug-likeness (QED) is 0.629. The summed E-state index contributed by atoms with van der Waals surface area (Å²) in [4.78, 5) is 29.1. The maximum atomic E-state index is 11.3. The summed E-state index contributed by atoms with van der Waals surface area (Å²) in [7, 11) is 0. The molecule has 6 heteroatoms. The van der Waals surface area contributed by atoms with Crippen molar-refractivity contribution in [2.24, 2.45) is 5.92 Å². The Morgan fingerprint density at radius 2 is 2.29 bits per heavy atom. The molecule has 6 nitrogen and oxygen atoms in total. The number of nitrogens with one attached hydrogen (secondary N) is 3. The van der Waals surface area contributed by atoms with Crippen LogP contribution in [-0.4, -0.2) is 29.0 Å². The highest BCUT2D eigenvalue weighted by Crippen LogP contribution is 2.28. The van der Waals surface area contributed by atoms with Crippen LogP contribution in [0.4, 0.5) is 5.82 Å². The first-order valence-corrected chi connectivity index (χ1v) is 5.75. The molecule has 2 rings (SSSR count). The third-order valence-corrected chi connectivity index (χ3v) is 2.54. The Hall–Kier alpha value is -1.85. The predicted molar refractivity (Wildman–Crippen MR) is 63.8 cm³/mol. The van der Waals surface area contributed by atoms with Crippen LogP contribution in [-0.2, 0) is 4.79 Å². The summed E-state index contributed by atoms with van der Waals surface area (Å²) in [6.07, 6.45) is 2.02. The molecule has 17 heavy (non-hydrogen) atoms. The van der Waals surface area contributed by atoms with Crippen molar-refractivity contribution in [3.8, 4) is 0 Å². The van der Waals surface area contributed by atoms with E-state index >= 15 is 0 Å². The van der Waals surface area contributed by atoms with Crippen molar-refractivity contribution in [1.29, 1.82) is 0 Å². The molecule has 0 atom stereocenters. The normalized spacial score (nSPS) is 14.4. The van der Waals surface area contributed by atoms with Gasteiger partial charge in [0, 0.05) is 25.1 Å². The zero-order valence-corrected chi connectivity index (χ0v) is 9.75. The Kier molecular flexibility index (Phi) is 3.41. The molecule has 3 N–H and O–H groups in total. The molecule has 0 unspecified atom stereocenters. The van der Waals surface area contributed by atoms with E-state index < -0.39 is 0 Å². The monoisotopic (exact) mass is 236 g/mol. The molecule has 1 saturated carbocycles. The van der Waals surface area contributed by atoms with Gasteiger partial charge in [-0.25, -0.2) is 4.98 Å². The highest BCUT2D eigenvalue weighted by Gasteiger charge is 2.28. The Bertz CT molecular complexity index is 465. The molecule has 1 heterocycles. The summed E-state index contributed by atoms with van der Waals surface area (Å²) >= 11 is 0. The molecule has 1 aromatic heterocycles. The highest BCUT2D eigenvalue weighted by atomic mass is 16.2. The topological polar surface area (TPSA) is 86.9 Å². The largest absolute Gasteiger partial charge is 0.368 e. The van der Waals surface area contributed by atoms with Crippen LogP contribution in [0.2, 0.25) is 0 Å². The van der Waals surface area contributed by atoms with E-state index in [0.29, 0.717) is 24.7 Å². The number of hydrogen-bond donors (Lipinski definition) is 3. The lowest BCUT2D eigenvalue weighted by atomic mass is 10.4. The van der Waals surface area contributed by atoms with Gasteiger partial charge in [0.05, 0.1) is 0 Å². The molecule has 0 radical (unpaired) electrons. The van der Waals surface area contributed by atoms with Gasteiger partial charge in [0.2, 0.25) is 5.91 Å². The van der Waals surface area contributed by atoms with Crippen molar-refractivity contribution >= 4 is 11.7 Å².